The summed E-state index contributed by atoms with van der Waals surface area (Å²) in [6, 6.07) is 5.89. The van der Waals surface area contributed by atoms with Gasteiger partial charge in [-0.05, 0) is 41.1 Å². The van der Waals surface area contributed by atoms with Crippen LogP contribution in [0.5, 0.6) is 0 Å². The summed E-state index contributed by atoms with van der Waals surface area (Å²) in [5, 5.41) is 5.25. The van der Waals surface area contributed by atoms with Crippen LogP contribution in [-0.2, 0) is 0 Å². The van der Waals surface area contributed by atoms with Crippen molar-refractivity contribution in [2.75, 3.05) is 31.1 Å². The second kappa shape index (κ2) is 5.27. The highest BCUT2D eigenvalue weighted by molar-refractivity contribution is 9.10. The van der Waals surface area contributed by atoms with E-state index >= 15 is 0 Å². The number of fused-ring (bicyclic) bond motifs is 1. The number of rotatable bonds is 1. The van der Waals surface area contributed by atoms with Gasteiger partial charge in [0.25, 0.3) is 0 Å². The van der Waals surface area contributed by atoms with E-state index in [0.717, 1.165) is 52.3 Å². The monoisotopic (exact) mass is 339 g/mol. The van der Waals surface area contributed by atoms with Gasteiger partial charge in [0, 0.05) is 36.6 Å². The van der Waals surface area contributed by atoms with Gasteiger partial charge in [0.05, 0.1) is 21.4 Å². The van der Waals surface area contributed by atoms with Crippen LogP contribution in [0.4, 0.5) is 5.69 Å². The van der Waals surface area contributed by atoms with Crippen LogP contribution in [-0.4, -0.2) is 31.2 Å². The number of aromatic nitrogens is 1. The SMILES string of the molecule is Cc1nc2ccc(Cl)cc2c(N2CCNCC2)c1Br. The molecule has 0 radical (unpaired) electrons. The molecule has 1 aliphatic rings. The highest BCUT2D eigenvalue weighted by atomic mass is 79.9. The number of halogens is 2. The average Bonchev–Trinajstić information content (AvgIpc) is 2.42. The zero-order valence-electron chi connectivity index (χ0n) is 10.7. The zero-order chi connectivity index (χ0) is 13.4. The van der Waals surface area contributed by atoms with Crippen LogP contribution in [0.2, 0.25) is 5.02 Å². The van der Waals surface area contributed by atoms with Crippen LogP contribution >= 0.6 is 27.5 Å². The first-order chi connectivity index (χ1) is 9.16. The van der Waals surface area contributed by atoms with E-state index in [-0.39, 0.29) is 0 Å². The van der Waals surface area contributed by atoms with Gasteiger partial charge in [-0.1, -0.05) is 11.6 Å². The maximum Gasteiger partial charge on any atom is 0.0727 e. The van der Waals surface area contributed by atoms with Gasteiger partial charge in [0.1, 0.15) is 0 Å². The zero-order valence-corrected chi connectivity index (χ0v) is 13.1. The molecular formula is C14H15BrClN3. The maximum absolute atomic E-state index is 6.15. The van der Waals surface area contributed by atoms with Gasteiger partial charge >= 0.3 is 0 Å². The summed E-state index contributed by atoms with van der Waals surface area (Å²) < 4.78 is 1.07. The van der Waals surface area contributed by atoms with E-state index in [2.05, 4.69) is 31.1 Å². The van der Waals surface area contributed by atoms with Gasteiger partial charge in [0.2, 0.25) is 0 Å². The molecule has 3 rings (SSSR count). The smallest absolute Gasteiger partial charge is 0.0727 e. The Hall–Kier alpha value is -0.840. The van der Waals surface area contributed by atoms with E-state index in [4.69, 9.17) is 11.6 Å². The van der Waals surface area contributed by atoms with Crippen molar-refractivity contribution < 1.29 is 0 Å². The second-order valence-electron chi connectivity index (χ2n) is 4.76. The van der Waals surface area contributed by atoms with Gasteiger partial charge in [-0.25, -0.2) is 0 Å². The number of benzene rings is 1. The van der Waals surface area contributed by atoms with Crippen LogP contribution in [0.25, 0.3) is 10.9 Å². The van der Waals surface area contributed by atoms with Gasteiger partial charge in [-0.15, -0.1) is 0 Å². The van der Waals surface area contributed by atoms with E-state index in [0.29, 0.717) is 0 Å². The van der Waals surface area contributed by atoms with Gasteiger partial charge < -0.3 is 10.2 Å². The highest BCUT2D eigenvalue weighted by Gasteiger charge is 2.18. The normalized spacial score (nSPS) is 16.1. The Morgan fingerprint density at radius 2 is 2.05 bits per heavy atom. The number of hydrogen-bond donors (Lipinski definition) is 1. The van der Waals surface area contributed by atoms with Crippen molar-refractivity contribution in [3.8, 4) is 0 Å². The predicted octanol–water partition coefficient (Wildman–Crippen LogP) is 3.37. The fraction of sp³-hybridized carbons (Fsp3) is 0.357. The molecule has 0 saturated carbocycles. The van der Waals surface area contributed by atoms with E-state index in [1.54, 1.807) is 0 Å². The summed E-state index contributed by atoms with van der Waals surface area (Å²) in [6.07, 6.45) is 0. The average molecular weight is 341 g/mol. The highest BCUT2D eigenvalue weighted by Crippen LogP contribution is 2.36. The molecule has 0 aliphatic carbocycles. The molecule has 1 aromatic heterocycles. The first kappa shape index (κ1) is 13.2. The number of aryl methyl sites for hydroxylation is 1. The molecule has 19 heavy (non-hydrogen) atoms. The summed E-state index contributed by atoms with van der Waals surface area (Å²) in [5.74, 6) is 0. The Kier molecular flexibility index (Phi) is 3.65. The topological polar surface area (TPSA) is 28.2 Å². The number of nitrogens with zero attached hydrogens (tertiary/aromatic N) is 2. The lowest BCUT2D eigenvalue weighted by Gasteiger charge is -2.31. The van der Waals surface area contributed by atoms with Crippen molar-refractivity contribution in [3.63, 3.8) is 0 Å². The van der Waals surface area contributed by atoms with E-state index in [1.165, 1.54) is 5.69 Å². The molecule has 0 unspecified atom stereocenters. The number of nitrogens with one attached hydrogen (secondary N) is 1. The first-order valence-electron chi connectivity index (χ1n) is 6.38. The summed E-state index contributed by atoms with van der Waals surface area (Å²) in [4.78, 5) is 7.02. The fourth-order valence-corrected chi connectivity index (χ4v) is 3.24. The van der Waals surface area contributed by atoms with Crippen LogP contribution in [0.15, 0.2) is 22.7 Å². The molecular weight excluding hydrogens is 326 g/mol. The largest absolute Gasteiger partial charge is 0.367 e. The molecule has 0 atom stereocenters. The van der Waals surface area contributed by atoms with Crippen molar-refractivity contribution >= 4 is 44.1 Å². The number of anilines is 1. The maximum atomic E-state index is 6.15. The molecule has 0 bridgehead atoms. The molecule has 1 fully saturated rings. The van der Waals surface area contributed by atoms with Gasteiger partial charge in [0.15, 0.2) is 0 Å². The van der Waals surface area contributed by atoms with Crippen molar-refractivity contribution in [2.24, 2.45) is 0 Å². The third-order valence-electron chi connectivity index (χ3n) is 3.46. The molecule has 3 nitrogen and oxygen atoms in total. The number of hydrogen-bond acceptors (Lipinski definition) is 3. The lowest BCUT2D eigenvalue weighted by molar-refractivity contribution is 0.589. The molecule has 1 aromatic carbocycles. The summed E-state index contributed by atoms with van der Waals surface area (Å²) in [6.45, 7) is 6.06. The van der Waals surface area contributed by atoms with Crippen LogP contribution in [0.1, 0.15) is 5.69 Å². The van der Waals surface area contributed by atoms with Crippen molar-refractivity contribution in [2.45, 2.75) is 6.92 Å². The van der Waals surface area contributed by atoms with E-state index in [9.17, 15) is 0 Å². The third-order valence-corrected chi connectivity index (χ3v) is 4.65. The van der Waals surface area contributed by atoms with Crippen LogP contribution < -0.4 is 10.2 Å². The lowest BCUT2D eigenvalue weighted by atomic mass is 10.1. The van der Waals surface area contributed by atoms with E-state index < -0.39 is 0 Å². The Labute approximate surface area is 126 Å². The molecule has 1 saturated heterocycles. The Bertz CT molecular complexity index is 624. The van der Waals surface area contributed by atoms with Crippen molar-refractivity contribution in [1.29, 1.82) is 0 Å². The fourth-order valence-electron chi connectivity index (χ4n) is 2.51. The van der Waals surface area contributed by atoms with Crippen LogP contribution in [0.3, 0.4) is 0 Å². The molecule has 1 aliphatic heterocycles. The van der Waals surface area contributed by atoms with Crippen molar-refractivity contribution in [3.05, 3.63) is 33.4 Å². The summed E-state index contributed by atoms with van der Waals surface area (Å²) in [7, 11) is 0. The van der Waals surface area contributed by atoms with Gasteiger partial charge in [-0.2, -0.15) is 0 Å². The quantitative estimate of drug-likeness (QED) is 0.863. The minimum atomic E-state index is 0.751. The molecule has 2 aromatic rings. The Morgan fingerprint density at radius 3 is 2.79 bits per heavy atom. The van der Waals surface area contributed by atoms with E-state index in [1.807, 2.05) is 25.1 Å². The minimum Gasteiger partial charge on any atom is -0.367 e. The summed E-state index contributed by atoms with van der Waals surface area (Å²) >= 11 is 9.84. The molecule has 2 heterocycles. The number of pyridine rings is 1. The first-order valence-corrected chi connectivity index (χ1v) is 7.55. The predicted molar refractivity (Wildman–Crippen MR) is 84.3 cm³/mol. The standard InChI is InChI=1S/C14H15BrClN3/c1-9-13(15)14(19-6-4-17-5-7-19)11-8-10(16)2-3-12(11)18-9/h2-3,8,17H,4-7H2,1H3. The molecule has 0 spiro atoms. The lowest BCUT2D eigenvalue weighted by Crippen LogP contribution is -2.43. The molecule has 5 heteroatoms. The molecule has 1 N–H and O–H groups in total. The van der Waals surface area contributed by atoms with Gasteiger partial charge in [-0.3, -0.25) is 4.98 Å². The number of piperazine rings is 1. The summed E-state index contributed by atoms with van der Waals surface area (Å²) in [5.41, 5.74) is 3.23. The second-order valence-corrected chi connectivity index (χ2v) is 5.99. The third kappa shape index (κ3) is 2.45. The van der Waals surface area contributed by atoms with Crippen molar-refractivity contribution in [1.82, 2.24) is 10.3 Å². The Balaban J connectivity index is 2.24. The Morgan fingerprint density at radius 1 is 1.32 bits per heavy atom. The molecule has 100 valence electrons. The minimum absolute atomic E-state index is 0.751. The molecule has 0 amide bonds. The van der Waals surface area contributed by atoms with Crippen LogP contribution in [0, 0.1) is 6.92 Å².